The van der Waals surface area contributed by atoms with Crippen molar-refractivity contribution in [3.05, 3.63) is 0 Å². The highest BCUT2D eigenvalue weighted by Gasteiger charge is 2.41. The number of nitrogens with zero attached hydrogens (tertiary/aromatic N) is 1. The molecule has 0 saturated carbocycles. The molecule has 1 fully saturated rings. The summed E-state index contributed by atoms with van der Waals surface area (Å²) in [6.45, 7) is 3.80. The summed E-state index contributed by atoms with van der Waals surface area (Å²) in [5, 5.41) is 0.847. The number of piperidine rings is 1. The van der Waals surface area contributed by atoms with E-state index in [0.29, 0.717) is 18.8 Å². The summed E-state index contributed by atoms with van der Waals surface area (Å²) in [6, 6.07) is 0. The van der Waals surface area contributed by atoms with Crippen LogP contribution in [-0.2, 0) is 0 Å². The molecule has 1 aliphatic heterocycles. The summed E-state index contributed by atoms with van der Waals surface area (Å²) < 4.78 is 37.5. The average molecular weight is 288 g/mol. The summed E-state index contributed by atoms with van der Waals surface area (Å²) in [7, 11) is 0. The minimum Gasteiger partial charge on any atom is -0.302 e. The van der Waals surface area contributed by atoms with Crippen LogP contribution in [-0.4, -0.2) is 36.0 Å². The molecule has 1 saturated heterocycles. The Hall–Kier alpha value is 0.230. The molecule has 90 valence electrons. The Balaban J connectivity index is 2.42. The van der Waals surface area contributed by atoms with E-state index in [9.17, 15) is 13.2 Å². The largest absolute Gasteiger partial charge is 0.393 e. The third-order valence-electron chi connectivity index (χ3n) is 2.80. The Labute approximate surface area is 97.1 Å². The third kappa shape index (κ3) is 4.31. The van der Waals surface area contributed by atoms with Gasteiger partial charge in [0.05, 0.1) is 5.92 Å². The second-order valence-corrected chi connectivity index (χ2v) is 5.05. The predicted octanol–water partition coefficient (Wildman–Crippen LogP) is 3.29. The molecule has 0 aromatic rings. The number of likely N-dealkylation sites (tertiary alicyclic amines) is 1. The molecule has 0 spiro atoms. The maximum absolute atomic E-state index is 12.5. The molecule has 0 aromatic heterocycles. The van der Waals surface area contributed by atoms with Crippen molar-refractivity contribution in [1.29, 1.82) is 0 Å². The van der Waals surface area contributed by atoms with E-state index in [0.717, 1.165) is 18.4 Å². The fourth-order valence-corrected chi connectivity index (χ4v) is 2.18. The van der Waals surface area contributed by atoms with Crippen molar-refractivity contribution in [2.75, 3.05) is 25.0 Å². The van der Waals surface area contributed by atoms with E-state index >= 15 is 0 Å². The number of halogens is 4. The van der Waals surface area contributed by atoms with Crippen LogP contribution in [0.1, 0.15) is 19.8 Å². The van der Waals surface area contributed by atoms with Crippen LogP contribution in [0.5, 0.6) is 0 Å². The molecule has 1 heterocycles. The van der Waals surface area contributed by atoms with Gasteiger partial charge in [-0.15, -0.1) is 0 Å². The van der Waals surface area contributed by atoms with Crippen LogP contribution in [0.15, 0.2) is 0 Å². The van der Waals surface area contributed by atoms with Crippen molar-refractivity contribution in [1.82, 2.24) is 4.90 Å². The van der Waals surface area contributed by atoms with Crippen molar-refractivity contribution < 1.29 is 13.2 Å². The minimum absolute atomic E-state index is 0.181. The Bertz CT molecular complexity index is 196. The van der Waals surface area contributed by atoms with Crippen molar-refractivity contribution in [2.45, 2.75) is 25.9 Å². The summed E-state index contributed by atoms with van der Waals surface area (Å²) in [6.07, 6.45) is -3.06. The molecule has 0 aliphatic carbocycles. The van der Waals surface area contributed by atoms with Crippen molar-refractivity contribution in [2.24, 2.45) is 11.8 Å². The van der Waals surface area contributed by atoms with E-state index in [1.807, 2.05) is 11.8 Å². The van der Waals surface area contributed by atoms with Gasteiger partial charge in [0, 0.05) is 18.4 Å². The van der Waals surface area contributed by atoms with Gasteiger partial charge in [0.15, 0.2) is 0 Å². The zero-order valence-corrected chi connectivity index (χ0v) is 10.4. The standard InChI is InChI=1S/C10H17BrF3N/c1-8(5-11)6-15-4-2-3-9(7-15)10(12,13)14/h8-9H,2-7H2,1H3. The van der Waals surface area contributed by atoms with Gasteiger partial charge in [-0.1, -0.05) is 22.9 Å². The molecule has 2 atom stereocenters. The molecule has 0 bridgehead atoms. The van der Waals surface area contributed by atoms with Gasteiger partial charge in [0.2, 0.25) is 0 Å². The lowest BCUT2D eigenvalue weighted by Gasteiger charge is -2.34. The molecular weight excluding hydrogens is 271 g/mol. The van der Waals surface area contributed by atoms with E-state index in [1.165, 1.54) is 0 Å². The molecule has 2 unspecified atom stereocenters. The summed E-state index contributed by atoms with van der Waals surface area (Å²) >= 11 is 3.35. The fourth-order valence-electron chi connectivity index (χ4n) is 1.98. The van der Waals surface area contributed by atoms with Crippen molar-refractivity contribution >= 4 is 15.9 Å². The van der Waals surface area contributed by atoms with Gasteiger partial charge in [-0.2, -0.15) is 13.2 Å². The van der Waals surface area contributed by atoms with Crippen LogP contribution in [0.4, 0.5) is 13.2 Å². The van der Waals surface area contributed by atoms with Gasteiger partial charge in [0.1, 0.15) is 0 Å². The summed E-state index contributed by atoms with van der Waals surface area (Å²) in [5.74, 6) is -0.703. The van der Waals surface area contributed by atoms with Gasteiger partial charge in [-0.25, -0.2) is 0 Å². The van der Waals surface area contributed by atoms with Crippen LogP contribution >= 0.6 is 15.9 Å². The minimum atomic E-state index is -4.02. The number of hydrogen-bond donors (Lipinski definition) is 0. The quantitative estimate of drug-likeness (QED) is 0.720. The van der Waals surface area contributed by atoms with Gasteiger partial charge in [0.25, 0.3) is 0 Å². The Morgan fingerprint density at radius 3 is 2.67 bits per heavy atom. The SMILES string of the molecule is CC(CBr)CN1CCCC(C(F)(F)F)C1. The zero-order valence-electron chi connectivity index (χ0n) is 8.86. The highest BCUT2D eigenvalue weighted by molar-refractivity contribution is 9.09. The van der Waals surface area contributed by atoms with Crippen molar-refractivity contribution in [3.63, 3.8) is 0 Å². The van der Waals surface area contributed by atoms with E-state index < -0.39 is 12.1 Å². The first kappa shape index (κ1) is 13.3. The molecule has 0 amide bonds. The molecule has 5 heteroatoms. The first-order valence-electron chi connectivity index (χ1n) is 5.28. The van der Waals surface area contributed by atoms with E-state index in [-0.39, 0.29) is 6.54 Å². The topological polar surface area (TPSA) is 3.24 Å². The summed E-state index contributed by atoms with van der Waals surface area (Å²) in [5.41, 5.74) is 0. The Kier molecular flexibility index (Phi) is 4.90. The molecular formula is C10H17BrF3N. The van der Waals surface area contributed by atoms with Crippen LogP contribution in [0.2, 0.25) is 0 Å². The normalized spacial score (nSPS) is 26.6. The smallest absolute Gasteiger partial charge is 0.302 e. The predicted molar refractivity (Wildman–Crippen MR) is 58.2 cm³/mol. The number of hydrogen-bond acceptors (Lipinski definition) is 1. The second kappa shape index (κ2) is 5.53. The molecule has 0 N–H and O–H groups in total. The monoisotopic (exact) mass is 287 g/mol. The zero-order chi connectivity index (χ0) is 11.5. The fraction of sp³-hybridized carbons (Fsp3) is 1.00. The van der Waals surface area contributed by atoms with Crippen LogP contribution in [0.3, 0.4) is 0 Å². The van der Waals surface area contributed by atoms with E-state index in [4.69, 9.17) is 0 Å². The van der Waals surface area contributed by atoms with Crippen LogP contribution in [0.25, 0.3) is 0 Å². The van der Waals surface area contributed by atoms with Gasteiger partial charge in [-0.3, -0.25) is 0 Å². The lowest BCUT2D eigenvalue weighted by Crippen LogP contribution is -2.43. The lowest BCUT2D eigenvalue weighted by molar-refractivity contribution is -0.187. The Morgan fingerprint density at radius 2 is 2.13 bits per heavy atom. The molecule has 1 rings (SSSR count). The van der Waals surface area contributed by atoms with Gasteiger partial charge >= 0.3 is 6.18 Å². The first-order valence-corrected chi connectivity index (χ1v) is 6.40. The lowest BCUT2D eigenvalue weighted by atomic mass is 9.97. The second-order valence-electron chi connectivity index (χ2n) is 4.40. The van der Waals surface area contributed by atoms with E-state index in [2.05, 4.69) is 15.9 Å². The molecule has 0 radical (unpaired) electrons. The molecule has 1 nitrogen and oxygen atoms in total. The number of alkyl halides is 4. The summed E-state index contributed by atoms with van der Waals surface area (Å²) in [4.78, 5) is 1.94. The third-order valence-corrected chi connectivity index (χ3v) is 3.91. The maximum atomic E-state index is 12.5. The van der Waals surface area contributed by atoms with Gasteiger partial charge in [-0.05, 0) is 25.3 Å². The molecule has 15 heavy (non-hydrogen) atoms. The van der Waals surface area contributed by atoms with E-state index in [1.54, 1.807) is 0 Å². The highest BCUT2D eigenvalue weighted by atomic mass is 79.9. The number of rotatable bonds is 3. The van der Waals surface area contributed by atoms with Crippen LogP contribution in [0, 0.1) is 11.8 Å². The highest BCUT2D eigenvalue weighted by Crippen LogP contribution is 2.33. The Morgan fingerprint density at radius 1 is 1.47 bits per heavy atom. The maximum Gasteiger partial charge on any atom is 0.393 e. The molecule has 0 aromatic carbocycles. The first-order chi connectivity index (χ1) is 6.93. The van der Waals surface area contributed by atoms with Gasteiger partial charge < -0.3 is 4.90 Å². The molecule has 1 aliphatic rings. The average Bonchev–Trinajstić information content (AvgIpc) is 2.17. The van der Waals surface area contributed by atoms with Crippen molar-refractivity contribution in [3.8, 4) is 0 Å². The van der Waals surface area contributed by atoms with Crippen LogP contribution < -0.4 is 0 Å².